The van der Waals surface area contributed by atoms with Crippen molar-refractivity contribution in [3.8, 4) is 0 Å². The highest BCUT2D eigenvalue weighted by Gasteiger charge is 2.31. The molecule has 0 saturated heterocycles. The fourth-order valence-corrected chi connectivity index (χ4v) is 1.84. The van der Waals surface area contributed by atoms with E-state index in [0.29, 0.717) is 12.2 Å². The first-order chi connectivity index (χ1) is 8.36. The van der Waals surface area contributed by atoms with Gasteiger partial charge in [-0.15, -0.1) is 0 Å². The second kappa shape index (κ2) is 6.29. The molecule has 0 atom stereocenters. The lowest BCUT2D eigenvalue weighted by molar-refractivity contribution is -0.137. The topological polar surface area (TPSA) is 38.0 Å². The van der Waals surface area contributed by atoms with Gasteiger partial charge in [-0.05, 0) is 24.5 Å². The molecule has 1 aromatic rings. The third-order valence-corrected chi connectivity index (χ3v) is 3.07. The monoisotopic (exact) mass is 294 g/mol. The van der Waals surface area contributed by atoms with E-state index in [-0.39, 0.29) is 10.6 Å². The molecule has 0 saturated carbocycles. The van der Waals surface area contributed by atoms with E-state index in [1.54, 1.807) is 11.8 Å². The van der Waals surface area contributed by atoms with Gasteiger partial charge in [0.05, 0.1) is 5.56 Å². The molecule has 1 aromatic carbocycles. The van der Waals surface area contributed by atoms with Crippen molar-refractivity contribution in [2.24, 2.45) is 5.73 Å². The summed E-state index contributed by atoms with van der Waals surface area (Å²) in [5, 5.41) is 3.02. The van der Waals surface area contributed by atoms with Gasteiger partial charge in [-0.3, -0.25) is 0 Å². The summed E-state index contributed by atoms with van der Waals surface area (Å²) in [6.45, 7) is 0.641. The van der Waals surface area contributed by atoms with Crippen molar-refractivity contribution in [3.05, 3.63) is 29.3 Å². The standard InChI is InChI=1S/C11H13F3N2S2/c1-18-5-4-16-9-3-2-7(11(12,13)14)6-8(9)10(15)17/h2-3,6,16H,4-5H2,1H3,(H2,15,17). The van der Waals surface area contributed by atoms with Crippen LogP contribution in [0.2, 0.25) is 0 Å². The van der Waals surface area contributed by atoms with E-state index in [4.69, 9.17) is 18.0 Å². The molecule has 18 heavy (non-hydrogen) atoms. The second-order valence-electron chi connectivity index (χ2n) is 3.54. The number of anilines is 1. The smallest absolute Gasteiger partial charge is 0.389 e. The third kappa shape index (κ3) is 4.06. The molecule has 0 amide bonds. The minimum atomic E-state index is -4.39. The quantitative estimate of drug-likeness (QED) is 0.646. The lowest BCUT2D eigenvalue weighted by atomic mass is 10.1. The number of thiocarbonyl (C=S) groups is 1. The van der Waals surface area contributed by atoms with Crippen LogP contribution in [-0.4, -0.2) is 23.5 Å². The predicted molar refractivity (Wildman–Crippen MR) is 74.2 cm³/mol. The largest absolute Gasteiger partial charge is 0.416 e. The summed E-state index contributed by atoms with van der Waals surface area (Å²) in [5.41, 5.74) is 5.46. The van der Waals surface area contributed by atoms with Gasteiger partial charge in [0, 0.05) is 23.5 Å². The lowest BCUT2D eigenvalue weighted by Gasteiger charge is -2.14. The van der Waals surface area contributed by atoms with E-state index in [2.05, 4.69) is 5.32 Å². The average Bonchev–Trinajstić information content (AvgIpc) is 2.28. The molecule has 0 radical (unpaired) electrons. The van der Waals surface area contributed by atoms with Gasteiger partial charge in [-0.25, -0.2) is 0 Å². The molecular weight excluding hydrogens is 281 g/mol. The number of hydrogen-bond acceptors (Lipinski definition) is 3. The van der Waals surface area contributed by atoms with Crippen molar-refractivity contribution in [2.75, 3.05) is 23.9 Å². The molecule has 0 bridgehead atoms. The number of benzene rings is 1. The molecule has 3 N–H and O–H groups in total. The Bertz CT molecular complexity index is 433. The van der Waals surface area contributed by atoms with Crippen LogP contribution >= 0.6 is 24.0 Å². The maximum atomic E-state index is 12.6. The number of hydrogen-bond donors (Lipinski definition) is 2. The molecule has 0 aliphatic carbocycles. The van der Waals surface area contributed by atoms with E-state index in [9.17, 15) is 13.2 Å². The van der Waals surface area contributed by atoms with Crippen molar-refractivity contribution in [1.29, 1.82) is 0 Å². The summed E-state index contributed by atoms with van der Waals surface area (Å²) in [7, 11) is 0. The van der Waals surface area contributed by atoms with Crippen LogP contribution in [0.25, 0.3) is 0 Å². The summed E-state index contributed by atoms with van der Waals surface area (Å²) >= 11 is 6.41. The molecule has 0 unspecified atom stereocenters. The van der Waals surface area contributed by atoms with Gasteiger partial charge in [0.15, 0.2) is 0 Å². The zero-order chi connectivity index (χ0) is 13.8. The van der Waals surface area contributed by atoms with Gasteiger partial charge in [-0.2, -0.15) is 24.9 Å². The number of nitrogens with two attached hydrogens (primary N) is 1. The Labute approximate surface area is 113 Å². The Hall–Kier alpha value is -0.950. The number of alkyl halides is 3. The van der Waals surface area contributed by atoms with Crippen LogP contribution in [0.1, 0.15) is 11.1 Å². The van der Waals surface area contributed by atoms with Crippen LogP contribution in [0.5, 0.6) is 0 Å². The number of rotatable bonds is 5. The molecule has 0 aliphatic heterocycles. The highest BCUT2D eigenvalue weighted by atomic mass is 32.2. The zero-order valence-electron chi connectivity index (χ0n) is 9.67. The zero-order valence-corrected chi connectivity index (χ0v) is 11.3. The minimum Gasteiger partial charge on any atom is -0.389 e. The summed E-state index contributed by atoms with van der Waals surface area (Å²) in [5.74, 6) is 0.845. The van der Waals surface area contributed by atoms with Crippen molar-refractivity contribution in [1.82, 2.24) is 0 Å². The van der Waals surface area contributed by atoms with E-state index < -0.39 is 11.7 Å². The normalized spacial score (nSPS) is 11.3. The second-order valence-corrected chi connectivity index (χ2v) is 4.97. The Morgan fingerprint density at radius 2 is 2.11 bits per heavy atom. The van der Waals surface area contributed by atoms with Crippen LogP contribution < -0.4 is 11.1 Å². The Morgan fingerprint density at radius 3 is 2.61 bits per heavy atom. The molecular formula is C11H13F3N2S2. The number of nitrogens with one attached hydrogen (secondary N) is 1. The fourth-order valence-electron chi connectivity index (χ4n) is 1.37. The molecule has 0 aromatic heterocycles. The van der Waals surface area contributed by atoms with Gasteiger partial charge < -0.3 is 11.1 Å². The van der Waals surface area contributed by atoms with Gasteiger partial charge in [-0.1, -0.05) is 12.2 Å². The summed E-state index contributed by atoms with van der Waals surface area (Å²) in [6, 6.07) is 3.35. The Morgan fingerprint density at radius 1 is 1.44 bits per heavy atom. The SMILES string of the molecule is CSCCNc1ccc(C(F)(F)F)cc1C(N)=S. The van der Waals surface area contributed by atoms with Crippen molar-refractivity contribution in [2.45, 2.75) is 6.18 Å². The molecule has 0 spiro atoms. The highest BCUT2D eigenvalue weighted by Crippen LogP contribution is 2.31. The maximum Gasteiger partial charge on any atom is 0.416 e. The van der Waals surface area contributed by atoms with E-state index in [0.717, 1.165) is 17.9 Å². The Balaban J connectivity index is 3.01. The fraction of sp³-hybridized carbons (Fsp3) is 0.364. The molecule has 2 nitrogen and oxygen atoms in total. The van der Waals surface area contributed by atoms with Crippen LogP contribution in [0, 0.1) is 0 Å². The van der Waals surface area contributed by atoms with Gasteiger partial charge >= 0.3 is 6.18 Å². The number of halogens is 3. The van der Waals surface area contributed by atoms with Gasteiger partial charge in [0.1, 0.15) is 4.99 Å². The summed E-state index contributed by atoms with van der Waals surface area (Å²) in [6.07, 6.45) is -2.44. The molecule has 100 valence electrons. The van der Waals surface area contributed by atoms with Crippen LogP contribution in [0.15, 0.2) is 18.2 Å². The van der Waals surface area contributed by atoms with E-state index in [1.807, 2.05) is 6.26 Å². The first-order valence-electron chi connectivity index (χ1n) is 5.10. The summed E-state index contributed by atoms with van der Waals surface area (Å²) in [4.78, 5) is -0.0484. The number of thioether (sulfide) groups is 1. The third-order valence-electron chi connectivity index (χ3n) is 2.23. The molecule has 1 rings (SSSR count). The molecule has 0 fully saturated rings. The Kier molecular flexibility index (Phi) is 5.28. The maximum absolute atomic E-state index is 12.6. The van der Waals surface area contributed by atoms with Crippen molar-refractivity contribution < 1.29 is 13.2 Å². The van der Waals surface area contributed by atoms with Crippen molar-refractivity contribution >= 4 is 34.7 Å². The van der Waals surface area contributed by atoms with Crippen LogP contribution in [-0.2, 0) is 6.18 Å². The molecule has 0 aliphatic rings. The predicted octanol–water partition coefficient (Wildman–Crippen LogP) is 3.11. The van der Waals surface area contributed by atoms with E-state index >= 15 is 0 Å². The highest BCUT2D eigenvalue weighted by molar-refractivity contribution is 7.98. The first-order valence-corrected chi connectivity index (χ1v) is 6.90. The first kappa shape index (κ1) is 15.1. The van der Waals surface area contributed by atoms with Crippen molar-refractivity contribution in [3.63, 3.8) is 0 Å². The van der Waals surface area contributed by atoms with Gasteiger partial charge in [0.2, 0.25) is 0 Å². The van der Waals surface area contributed by atoms with Gasteiger partial charge in [0.25, 0.3) is 0 Å². The molecule has 0 heterocycles. The van der Waals surface area contributed by atoms with E-state index in [1.165, 1.54) is 6.07 Å². The minimum absolute atomic E-state index is 0.0484. The molecule has 7 heteroatoms. The summed E-state index contributed by atoms with van der Waals surface area (Å²) < 4.78 is 37.7. The average molecular weight is 294 g/mol. The van der Waals surface area contributed by atoms with Crippen LogP contribution in [0.3, 0.4) is 0 Å². The van der Waals surface area contributed by atoms with Crippen LogP contribution in [0.4, 0.5) is 18.9 Å². The lowest BCUT2D eigenvalue weighted by Crippen LogP contribution is -2.16.